The van der Waals surface area contributed by atoms with Crippen molar-refractivity contribution in [1.82, 2.24) is 9.21 Å². The highest BCUT2D eigenvalue weighted by molar-refractivity contribution is 8.04. The third-order valence-electron chi connectivity index (χ3n) is 4.58. The van der Waals surface area contributed by atoms with E-state index in [0.717, 1.165) is 24.6 Å². The lowest BCUT2D eigenvalue weighted by Gasteiger charge is -2.17. The van der Waals surface area contributed by atoms with Crippen LogP contribution in [0.3, 0.4) is 0 Å². The van der Waals surface area contributed by atoms with E-state index in [9.17, 15) is 22.8 Å². The molecule has 30 heavy (non-hydrogen) atoms. The number of sulfonamides is 1. The first kappa shape index (κ1) is 22.3. The van der Waals surface area contributed by atoms with Gasteiger partial charge in [0, 0.05) is 18.8 Å². The molecular weight excluding hydrogens is 430 g/mol. The molecule has 0 aliphatic carbocycles. The van der Waals surface area contributed by atoms with E-state index in [0.29, 0.717) is 23.8 Å². The largest absolute Gasteiger partial charge is 0.463 e. The van der Waals surface area contributed by atoms with Crippen molar-refractivity contribution in [2.45, 2.75) is 24.7 Å². The third kappa shape index (κ3) is 5.21. The number of hydrogen-bond acceptors (Lipinski definition) is 7. The maximum Gasteiger partial charge on any atom is 0.333 e. The molecule has 0 atom stereocenters. The Balaban J connectivity index is 1.63. The van der Waals surface area contributed by atoms with Crippen molar-refractivity contribution >= 4 is 45.3 Å². The topological polar surface area (TPSA) is 113 Å². The van der Waals surface area contributed by atoms with Crippen molar-refractivity contribution in [1.29, 1.82) is 0 Å². The molecular formula is C19H23N3O6S2. The molecule has 2 amide bonds. The minimum Gasteiger partial charge on any atom is -0.463 e. The summed E-state index contributed by atoms with van der Waals surface area (Å²) in [5, 5.41) is 3.00. The van der Waals surface area contributed by atoms with Crippen LogP contribution in [-0.2, 0) is 29.1 Å². The molecule has 0 saturated carbocycles. The van der Waals surface area contributed by atoms with Gasteiger partial charge in [-0.3, -0.25) is 14.5 Å². The maximum atomic E-state index is 12.6. The summed E-state index contributed by atoms with van der Waals surface area (Å²) in [6.45, 7) is 2.67. The fourth-order valence-electron chi connectivity index (χ4n) is 3.12. The number of amides is 2. The van der Waals surface area contributed by atoms with Gasteiger partial charge in [0.25, 0.3) is 0 Å². The number of thioether (sulfide) groups is 1. The Morgan fingerprint density at radius 2 is 1.87 bits per heavy atom. The second kappa shape index (κ2) is 9.63. The van der Waals surface area contributed by atoms with Gasteiger partial charge in [-0.2, -0.15) is 4.31 Å². The zero-order chi connectivity index (χ0) is 21.7. The summed E-state index contributed by atoms with van der Waals surface area (Å²) in [5.41, 5.74) is 0.413. The molecule has 3 rings (SSSR count). The minimum atomic E-state index is -3.52. The molecule has 0 unspecified atom stereocenters. The van der Waals surface area contributed by atoms with Crippen molar-refractivity contribution in [2.75, 3.05) is 37.3 Å². The van der Waals surface area contributed by atoms with E-state index in [1.165, 1.54) is 39.5 Å². The van der Waals surface area contributed by atoms with E-state index in [1.807, 2.05) is 0 Å². The summed E-state index contributed by atoms with van der Waals surface area (Å²) in [6, 6.07) is 5.92. The highest BCUT2D eigenvalue weighted by atomic mass is 32.2. The van der Waals surface area contributed by atoms with Gasteiger partial charge in [-0.1, -0.05) is 11.8 Å². The second-order valence-electron chi connectivity index (χ2n) is 6.69. The van der Waals surface area contributed by atoms with Gasteiger partial charge in [0.2, 0.25) is 21.8 Å². The first-order valence-corrected chi connectivity index (χ1v) is 12.0. The molecule has 0 spiro atoms. The second-order valence-corrected chi connectivity index (χ2v) is 9.62. The third-order valence-corrected chi connectivity index (χ3v) is 7.52. The Kier molecular flexibility index (Phi) is 7.16. The van der Waals surface area contributed by atoms with E-state index in [-0.39, 0.29) is 29.7 Å². The van der Waals surface area contributed by atoms with Crippen LogP contribution in [0.2, 0.25) is 0 Å². The first-order chi connectivity index (χ1) is 14.3. The van der Waals surface area contributed by atoms with Crippen LogP contribution in [0.5, 0.6) is 0 Å². The quantitative estimate of drug-likeness (QED) is 0.490. The molecule has 162 valence electrons. The monoisotopic (exact) mass is 453 g/mol. The zero-order valence-corrected chi connectivity index (χ0v) is 18.1. The Labute approximate surface area is 179 Å². The number of nitrogens with one attached hydrogen (secondary N) is 1. The molecule has 9 nitrogen and oxygen atoms in total. The number of ether oxygens (including phenoxy) is 1. The number of carbonyl (C=O) groups is 3. The smallest absolute Gasteiger partial charge is 0.333 e. The van der Waals surface area contributed by atoms with Gasteiger partial charge >= 0.3 is 5.97 Å². The molecule has 2 saturated heterocycles. The van der Waals surface area contributed by atoms with Crippen LogP contribution in [0.4, 0.5) is 5.69 Å². The van der Waals surface area contributed by atoms with Crippen LogP contribution >= 0.6 is 11.8 Å². The number of carbonyl (C=O) groups excluding carboxylic acids is 3. The molecule has 0 aromatic heterocycles. The number of esters is 1. The van der Waals surface area contributed by atoms with Gasteiger partial charge in [0.05, 0.1) is 28.4 Å². The summed E-state index contributed by atoms with van der Waals surface area (Å²) in [5.74, 6) is -1.18. The van der Waals surface area contributed by atoms with E-state index < -0.39 is 21.9 Å². The molecule has 2 heterocycles. The SMILES string of the molecule is CCOC(=O)/C=C1\SCC(=O)N1CC(=O)Nc1ccc(S(=O)(=O)N2CCCC2)cc1. The standard InChI is InChI=1S/C19H23N3O6S2/c1-2-28-19(25)11-18-22(17(24)13-29-18)12-16(23)20-14-5-7-15(8-6-14)30(26,27)21-9-3-4-10-21/h5-8,11H,2-4,9-10,12-13H2,1H3,(H,20,23)/b18-11-. The molecule has 1 aromatic carbocycles. The van der Waals surface area contributed by atoms with Crippen LogP contribution in [0, 0.1) is 0 Å². The first-order valence-electron chi connectivity index (χ1n) is 9.53. The zero-order valence-electron chi connectivity index (χ0n) is 16.5. The van der Waals surface area contributed by atoms with Crippen LogP contribution in [0.1, 0.15) is 19.8 Å². The number of hydrogen-bond donors (Lipinski definition) is 1. The summed E-state index contributed by atoms with van der Waals surface area (Å²) in [6.07, 6.45) is 2.91. The molecule has 2 fully saturated rings. The summed E-state index contributed by atoms with van der Waals surface area (Å²) in [4.78, 5) is 37.5. The lowest BCUT2D eigenvalue weighted by atomic mass is 10.3. The van der Waals surface area contributed by atoms with Crippen LogP contribution in [0.25, 0.3) is 0 Å². The van der Waals surface area contributed by atoms with Crippen molar-refractivity contribution in [3.63, 3.8) is 0 Å². The predicted molar refractivity (Wildman–Crippen MR) is 112 cm³/mol. The molecule has 0 bridgehead atoms. The van der Waals surface area contributed by atoms with E-state index in [1.54, 1.807) is 6.92 Å². The van der Waals surface area contributed by atoms with Crippen LogP contribution in [-0.4, -0.2) is 67.4 Å². The lowest BCUT2D eigenvalue weighted by Crippen LogP contribution is -2.34. The lowest BCUT2D eigenvalue weighted by molar-refractivity contribution is -0.137. The maximum absolute atomic E-state index is 12.6. The number of rotatable bonds is 7. The average molecular weight is 454 g/mol. The van der Waals surface area contributed by atoms with Gasteiger partial charge in [0.15, 0.2) is 0 Å². The summed E-state index contributed by atoms with van der Waals surface area (Å²) < 4.78 is 31.4. The Morgan fingerprint density at radius 1 is 1.20 bits per heavy atom. The normalized spacial score (nSPS) is 18.8. The average Bonchev–Trinajstić information content (AvgIpc) is 3.35. The molecule has 1 N–H and O–H groups in total. The van der Waals surface area contributed by atoms with Crippen molar-refractivity contribution < 1.29 is 27.5 Å². The molecule has 11 heteroatoms. The summed E-state index contributed by atoms with van der Waals surface area (Å²) >= 11 is 1.16. The minimum absolute atomic E-state index is 0.140. The van der Waals surface area contributed by atoms with Gasteiger partial charge < -0.3 is 10.1 Å². The van der Waals surface area contributed by atoms with Crippen LogP contribution < -0.4 is 5.32 Å². The highest BCUT2D eigenvalue weighted by Crippen LogP contribution is 2.28. The molecule has 0 radical (unpaired) electrons. The molecule has 2 aliphatic rings. The van der Waals surface area contributed by atoms with Crippen LogP contribution in [0.15, 0.2) is 40.3 Å². The Bertz CT molecular complexity index is 953. The number of anilines is 1. The molecule has 1 aromatic rings. The fourth-order valence-corrected chi connectivity index (χ4v) is 5.56. The Morgan fingerprint density at radius 3 is 2.50 bits per heavy atom. The predicted octanol–water partition coefficient (Wildman–Crippen LogP) is 1.39. The van der Waals surface area contributed by atoms with E-state index in [2.05, 4.69) is 5.32 Å². The number of nitrogens with zero attached hydrogens (tertiary/aromatic N) is 2. The Hall–Kier alpha value is -2.37. The van der Waals surface area contributed by atoms with E-state index >= 15 is 0 Å². The van der Waals surface area contributed by atoms with Gasteiger partial charge in [-0.05, 0) is 44.0 Å². The van der Waals surface area contributed by atoms with Crippen molar-refractivity contribution in [2.24, 2.45) is 0 Å². The van der Waals surface area contributed by atoms with Gasteiger partial charge in [-0.25, -0.2) is 13.2 Å². The van der Waals surface area contributed by atoms with Gasteiger partial charge in [0.1, 0.15) is 6.54 Å². The number of benzene rings is 1. The highest BCUT2D eigenvalue weighted by Gasteiger charge is 2.30. The fraction of sp³-hybridized carbons (Fsp3) is 0.421. The van der Waals surface area contributed by atoms with Crippen molar-refractivity contribution in [3.05, 3.63) is 35.4 Å². The molecule has 2 aliphatic heterocycles. The van der Waals surface area contributed by atoms with E-state index in [4.69, 9.17) is 4.74 Å². The van der Waals surface area contributed by atoms with Crippen molar-refractivity contribution in [3.8, 4) is 0 Å². The van der Waals surface area contributed by atoms with Gasteiger partial charge in [-0.15, -0.1) is 0 Å². The summed E-state index contributed by atoms with van der Waals surface area (Å²) in [7, 11) is -3.52.